The van der Waals surface area contributed by atoms with Crippen molar-refractivity contribution in [1.82, 2.24) is 10.2 Å². The molecule has 1 aromatic heterocycles. The first-order chi connectivity index (χ1) is 8.67. The van der Waals surface area contributed by atoms with Crippen molar-refractivity contribution >= 4 is 23.2 Å². The van der Waals surface area contributed by atoms with E-state index in [1.807, 2.05) is 25.3 Å². The maximum Gasteiger partial charge on any atom is 0.317 e. The molecule has 0 bridgehead atoms. The maximum atomic E-state index is 12.0. The fraction of sp³-hybridized carbons (Fsp3) is 0.538. The molecule has 2 amide bonds. The van der Waals surface area contributed by atoms with Gasteiger partial charge in [-0.05, 0) is 37.3 Å². The zero-order valence-corrected chi connectivity index (χ0v) is 11.5. The van der Waals surface area contributed by atoms with Gasteiger partial charge in [0.05, 0.1) is 10.9 Å². The lowest BCUT2D eigenvalue weighted by Gasteiger charge is -2.27. The highest BCUT2D eigenvalue weighted by Crippen LogP contribution is 2.33. The molecule has 0 saturated carbocycles. The van der Waals surface area contributed by atoms with E-state index < -0.39 is 0 Å². The van der Waals surface area contributed by atoms with Gasteiger partial charge in [0.25, 0.3) is 0 Å². The lowest BCUT2D eigenvalue weighted by Crippen LogP contribution is -2.42. The Kier molecular flexibility index (Phi) is 4.01. The highest BCUT2D eigenvalue weighted by atomic mass is 32.1. The van der Waals surface area contributed by atoms with E-state index in [0.29, 0.717) is 25.9 Å². The largest absolute Gasteiger partial charge is 0.331 e. The van der Waals surface area contributed by atoms with Crippen molar-refractivity contribution in [2.75, 3.05) is 13.1 Å². The molecular formula is C13H18N2O2S. The van der Waals surface area contributed by atoms with E-state index in [9.17, 15) is 9.59 Å². The van der Waals surface area contributed by atoms with Crippen molar-refractivity contribution in [3.05, 3.63) is 21.9 Å². The Morgan fingerprint density at radius 2 is 2.22 bits per heavy atom. The minimum atomic E-state index is -0.0449. The molecule has 1 aliphatic carbocycles. The van der Waals surface area contributed by atoms with Gasteiger partial charge in [0, 0.05) is 19.5 Å². The van der Waals surface area contributed by atoms with Crippen LogP contribution in [0.1, 0.15) is 48.0 Å². The number of hydrogen-bond donors (Lipinski definition) is 1. The first-order valence-corrected chi connectivity index (χ1v) is 7.21. The molecule has 5 heteroatoms. The summed E-state index contributed by atoms with van der Waals surface area (Å²) in [5.41, 5.74) is 0.983. The third-order valence-electron chi connectivity index (χ3n) is 3.33. The van der Waals surface area contributed by atoms with Crippen LogP contribution < -0.4 is 5.32 Å². The number of nitrogens with zero attached hydrogens (tertiary/aromatic N) is 1. The number of carbonyl (C=O) groups is 2. The molecule has 0 aromatic carbocycles. The number of urea groups is 1. The van der Waals surface area contributed by atoms with E-state index in [1.165, 1.54) is 11.3 Å². The zero-order chi connectivity index (χ0) is 13.1. The van der Waals surface area contributed by atoms with E-state index in [0.717, 1.165) is 10.4 Å². The Hall–Kier alpha value is -1.36. The van der Waals surface area contributed by atoms with Gasteiger partial charge in [0.1, 0.15) is 0 Å². The van der Waals surface area contributed by atoms with Crippen LogP contribution in [-0.2, 0) is 0 Å². The maximum absolute atomic E-state index is 12.0. The molecule has 98 valence electrons. The monoisotopic (exact) mass is 266 g/mol. The van der Waals surface area contributed by atoms with Crippen molar-refractivity contribution in [3.8, 4) is 0 Å². The summed E-state index contributed by atoms with van der Waals surface area (Å²) in [4.78, 5) is 26.3. The number of ketones is 1. The Bertz CT molecular complexity index is 452. The van der Waals surface area contributed by atoms with Crippen molar-refractivity contribution in [2.45, 2.75) is 32.7 Å². The van der Waals surface area contributed by atoms with Crippen LogP contribution in [-0.4, -0.2) is 29.8 Å². The number of amides is 2. The van der Waals surface area contributed by atoms with Crippen LogP contribution in [0.15, 0.2) is 11.4 Å². The van der Waals surface area contributed by atoms with Gasteiger partial charge in [-0.25, -0.2) is 4.79 Å². The van der Waals surface area contributed by atoms with Crippen molar-refractivity contribution in [2.24, 2.45) is 0 Å². The van der Waals surface area contributed by atoms with Crippen LogP contribution in [0.25, 0.3) is 0 Å². The van der Waals surface area contributed by atoms with Crippen LogP contribution >= 0.6 is 11.3 Å². The predicted molar refractivity (Wildman–Crippen MR) is 72.1 cm³/mol. The van der Waals surface area contributed by atoms with Crippen LogP contribution in [0.5, 0.6) is 0 Å². The summed E-state index contributed by atoms with van der Waals surface area (Å²) in [5.74, 6) is 0.202. The van der Waals surface area contributed by atoms with Gasteiger partial charge in [-0.15, -0.1) is 11.3 Å². The molecule has 0 aliphatic heterocycles. The Labute approximate surface area is 111 Å². The second-order valence-electron chi connectivity index (χ2n) is 4.34. The molecule has 0 spiro atoms. The van der Waals surface area contributed by atoms with Crippen LogP contribution in [0.4, 0.5) is 4.79 Å². The second-order valence-corrected chi connectivity index (χ2v) is 5.26. The molecule has 1 aromatic rings. The quantitative estimate of drug-likeness (QED) is 0.914. The molecular weight excluding hydrogens is 248 g/mol. The molecule has 1 atom stereocenters. The highest BCUT2D eigenvalue weighted by Gasteiger charge is 2.28. The third-order valence-corrected chi connectivity index (χ3v) is 4.30. The van der Waals surface area contributed by atoms with Crippen molar-refractivity contribution in [1.29, 1.82) is 0 Å². The molecule has 18 heavy (non-hydrogen) atoms. The molecule has 0 fully saturated rings. The van der Waals surface area contributed by atoms with Crippen molar-refractivity contribution < 1.29 is 9.59 Å². The Morgan fingerprint density at radius 3 is 2.89 bits per heavy atom. The Balaban J connectivity index is 2.10. The zero-order valence-electron chi connectivity index (χ0n) is 10.7. The van der Waals surface area contributed by atoms with Gasteiger partial charge in [-0.3, -0.25) is 4.79 Å². The van der Waals surface area contributed by atoms with E-state index in [2.05, 4.69) is 5.32 Å². The number of thiophene rings is 1. The molecule has 2 rings (SSSR count). The van der Waals surface area contributed by atoms with E-state index >= 15 is 0 Å². The van der Waals surface area contributed by atoms with Gasteiger partial charge in [0.2, 0.25) is 0 Å². The molecule has 1 unspecified atom stereocenters. The topological polar surface area (TPSA) is 49.4 Å². The second kappa shape index (κ2) is 5.52. The molecule has 0 radical (unpaired) electrons. The summed E-state index contributed by atoms with van der Waals surface area (Å²) < 4.78 is 0. The first-order valence-electron chi connectivity index (χ1n) is 6.33. The molecule has 4 nitrogen and oxygen atoms in total. The lowest BCUT2D eigenvalue weighted by atomic mass is 9.93. The average molecular weight is 266 g/mol. The van der Waals surface area contributed by atoms with Crippen molar-refractivity contribution in [3.63, 3.8) is 0 Å². The minimum absolute atomic E-state index is 0.0166. The summed E-state index contributed by atoms with van der Waals surface area (Å²) in [5, 5.41) is 4.95. The summed E-state index contributed by atoms with van der Waals surface area (Å²) in [6.45, 7) is 5.32. The summed E-state index contributed by atoms with van der Waals surface area (Å²) in [6.07, 6.45) is 1.23. The van der Waals surface area contributed by atoms with E-state index in [4.69, 9.17) is 0 Å². The fourth-order valence-electron chi connectivity index (χ4n) is 2.27. The van der Waals surface area contributed by atoms with Gasteiger partial charge in [0.15, 0.2) is 5.78 Å². The number of Topliss-reactive ketones (excluding diaryl/α,β-unsaturated/α-hetero) is 1. The fourth-order valence-corrected chi connectivity index (χ4v) is 3.20. The molecule has 1 aliphatic rings. The van der Waals surface area contributed by atoms with Gasteiger partial charge in [-0.1, -0.05) is 0 Å². The van der Waals surface area contributed by atoms with Crippen LogP contribution in [0, 0.1) is 0 Å². The van der Waals surface area contributed by atoms with Gasteiger partial charge in [-0.2, -0.15) is 0 Å². The normalized spacial score (nSPS) is 18.3. The SMILES string of the molecule is CCN(CC)C(=O)NC1CCC(=O)c2sccc21. The third kappa shape index (κ3) is 2.41. The summed E-state index contributed by atoms with van der Waals surface area (Å²) >= 11 is 1.47. The number of fused-ring (bicyclic) bond motifs is 1. The lowest BCUT2D eigenvalue weighted by molar-refractivity contribution is 0.0967. The van der Waals surface area contributed by atoms with E-state index in [1.54, 1.807) is 4.90 Å². The highest BCUT2D eigenvalue weighted by molar-refractivity contribution is 7.12. The number of nitrogens with one attached hydrogen (secondary N) is 1. The number of hydrogen-bond acceptors (Lipinski definition) is 3. The molecule has 1 N–H and O–H groups in total. The standard InChI is InChI=1S/C13H18N2O2S/c1-3-15(4-2)13(17)14-10-5-6-11(16)12-9(10)7-8-18-12/h7-8,10H,3-6H2,1-2H3,(H,14,17). The van der Waals surface area contributed by atoms with Crippen LogP contribution in [0.2, 0.25) is 0 Å². The Morgan fingerprint density at radius 1 is 1.50 bits per heavy atom. The summed E-state index contributed by atoms with van der Waals surface area (Å²) in [7, 11) is 0. The summed E-state index contributed by atoms with van der Waals surface area (Å²) in [6, 6.07) is 1.89. The molecule has 0 saturated heterocycles. The number of carbonyl (C=O) groups excluding carboxylic acids is 2. The minimum Gasteiger partial charge on any atom is -0.331 e. The van der Waals surface area contributed by atoms with Gasteiger partial charge < -0.3 is 10.2 Å². The predicted octanol–water partition coefficient (Wildman–Crippen LogP) is 2.82. The first kappa shape index (κ1) is 13.1. The smallest absolute Gasteiger partial charge is 0.317 e. The molecule has 1 heterocycles. The average Bonchev–Trinajstić information content (AvgIpc) is 2.84. The van der Waals surface area contributed by atoms with E-state index in [-0.39, 0.29) is 17.9 Å². The van der Waals surface area contributed by atoms with Gasteiger partial charge >= 0.3 is 6.03 Å². The van der Waals surface area contributed by atoms with Crippen LogP contribution in [0.3, 0.4) is 0 Å². The number of rotatable bonds is 3.